The van der Waals surface area contributed by atoms with Gasteiger partial charge in [-0.1, -0.05) is 281 Å². The summed E-state index contributed by atoms with van der Waals surface area (Å²) in [6, 6.07) is 65.3. The topological polar surface area (TPSA) is 215 Å². The van der Waals surface area contributed by atoms with Gasteiger partial charge in [0.1, 0.15) is 57.0 Å². The van der Waals surface area contributed by atoms with Crippen LogP contribution in [-0.4, -0.2) is 93.8 Å². The Morgan fingerprint density at radius 2 is 0.584 bits per heavy atom. The number of esters is 3. The van der Waals surface area contributed by atoms with E-state index in [4.69, 9.17) is 63.1 Å². The second kappa shape index (κ2) is 72.3. The number of ether oxygens (including phenoxy) is 9. The summed E-state index contributed by atoms with van der Waals surface area (Å²) < 4.78 is 50.5. The van der Waals surface area contributed by atoms with Crippen LogP contribution >= 0.6 is 0 Å². The lowest BCUT2D eigenvalue weighted by molar-refractivity contribution is -0.206. The zero-order chi connectivity index (χ0) is 111. The summed E-state index contributed by atoms with van der Waals surface area (Å²) in [5, 5.41) is 36.0. The minimum Gasteiger partial charge on any atom is -0.508 e. The molecule has 0 aromatic heterocycles. The molecule has 0 radical (unpaired) electrons. The van der Waals surface area contributed by atoms with Gasteiger partial charge in [0.25, 0.3) is 0 Å². The van der Waals surface area contributed by atoms with Gasteiger partial charge in [0.15, 0.2) is 18.9 Å². The van der Waals surface area contributed by atoms with Gasteiger partial charge in [-0.15, -0.1) is 0 Å². The van der Waals surface area contributed by atoms with E-state index in [1.54, 1.807) is 48.5 Å². The molecule has 0 amide bonds. The standard InChI is InChI=1S/C16H26O2.C15H22O2.2C14H22O2.2C12H22O2.4C10H14O.C10H14/c1-4-10(2)15(17)18-16(3)13-6-11-5-12(8-13)9-14(16)7-11;1-3-12(2)13-7-9-14(10-8-13)17-15-6-4-5-11-16-15;2*1-5-11(3)13-7-9-14(10-8-13)16-12(4)15-6-2;1-4-10(2)11(13)14-12(3)8-6-5-7-9-12;1-4-10(3)11(13)14-12(5-2)8-6-7-9-12;4*1-3-8(2)9-4-6-10(11)7-5-9;1-3-9(2)10-7-5-4-6-8-10/h10-14H,4-9H2,1-3H3;7-10,12,15H,3-6,11H2,1-2H3;2*7-12H,5-6H2,1-4H3;2*10H,4-9H2,1-3H3;4*4-8,11H,3H2,1-2H3;4-9H,3H2,1-2H3. The molecule has 14 atom stereocenters. The molecule has 7 aliphatic rings. The third-order valence-electron chi connectivity index (χ3n) is 32.1. The number of rotatable bonds is 36. The Kier molecular flexibility index (Phi) is 64.0. The molecule has 16 heteroatoms. The SMILES string of the molecule is CCC(C)C(=O)OC1(C)C2CC3CC(C2)CC1C3.CCC(C)C(=O)OC1(C)CCCCC1.CCC(C)C(=O)OC1(CC)CCCC1.CCC(C)c1ccc(O)cc1.CCC(C)c1ccc(O)cc1.CCC(C)c1ccc(O)cc1.CCC(C)c1ccc(O)cc1.CCC(C)c1ccc(OC2CCCCO2)cc1.CCC(C)c1ccccc1.CCOC(C)Oc1ccc(C(C)CC)cc1.CCOC(C)Oc1ccc(C(C)CC)cc1. The Morgan fingerprint density at radius 1 is 0.309 bits per heavy atom. The predicted molar refractivity (Wildman–Crippen MR) is 621 cm³/mol. The molecule has 834 valence electrons. The van der Waals surface area contributed by atoms with Crippen molar-refractivity contribution in [2.45, 2.75) is 470 Å². The number of phenolic OH excluding ortho intramolecular Hbond substituents is 4. The van der Waals surface area contributed by atoms with Crippen LogP contribution < -0.4 is 14.2 Å². The van der Waals surface area contributed by atoms with E-state index in [0.29, 0.717) is 95.4 Å². The summed E-state index contributed by atoms with van der Waals surface area (Å²) in [7, 11) is 0. The van der Waals surface area contributed by atoms with Crippen molar-refractivity contribution in [1.29, 1.82) is 0 Å². The first-order chi connectivity index (χ1) is 71.1. The molecule has 4 N–H and O–H groups in total. The summed E-state index contributed by atoms with van der Waals surface area (Å²) >= 11 is 0. The van der Waals surface area contributed by atoms with Crippen LogP contribution in [0.15, 0.2) is 200 Å². The highest BCUT2D eigenvalue weighted by Gasteiger charge is 2.57. The maximum atomic E-state index is 12.1. The fraction of sp³-hybridized carbons (Fsp3) is 0.617. The van der Waals surface area contributed by atoms with Gasteiger partial charge in [0.05, 0.1) is 24.4 Å². The van der Waals surface area contributed by atoms with Crippen LogP contribution in [0.4, 0.5) is 0 Å². The van der Waals surface area contributed by atoms with E-state index < -0.39 is 0 Å². The highest BCUT2D eigenvalue weighted by Crippen LogP contribution is 2.60. The average molecular weight is 2060 g/mol. The molecule has 6 aliphatic carbocycles. The van der Waals surface area contributed by atoms with Crippen LogP contribution in [0.3, 0.4) is 0 Å². The van der Waals surface area contributed by atoms with E-state index in [-0.39, 0.29) is 71.3 Å². The summed E-state index contributed by atoms with van der Waals surface area (Å²) in [4.78, 5) is 35.4. The normalized spacial score (nSPS) is 20.2. The van der Waals surface area contributed by atoms with Gasteiger partial charge >= 0.3 is 17.9 Å². The van der Waals surface area contributed by atoms with Gasteiger partial charge in [-0.25, -0.2) is 0 Å². The van der Waals surface area contributed by atoms with Crippen LogP contribution in [0.1, 0.15) is 479 Å². The van der Waals surface area contributed by atoms with Crippen LogP contribution in [0.25, 0.3) is 0 Å². The third-order valence-corrected chi connectivity index (χ3v) is 32.1. The molecule has 16 nitrogen and oxygen atoms in total. The van der Waals surface area contributed by atoms with Gasteiger partial charge in [0, 0.05) is 19.6 Å². The first-order valence-electron chi connectivity index (χ1n) is 58.2. The van der Waals surface area contributed by atoms with E-state index in [1.807, 2.05) is 135 Å². The molecule has 149 heavy (non-hydrogen) atoms. The Morgan fingerprint density at radius 3 is 0.859 bits per heavy atom. The van der Waals surface area contributed by atoms with Crippen LogP contribution in [-0.2, 0) is 42.8 Å². The monoisotopic (exact) mass is 2060 g/mol. The molecule has 8 aromatic rings. The first-order valence-corrected chi connectivity index (χ1v) is 58.2. The second-order valence-corrected chi connectivity index (χ2v) is 43.6. The quantitative estimate of drug-likeness (QED) is 0.0163. The molecule has 4 bridgehead atoms. The van der Waals surface area contributed by atoms with Crippen molar-refractivity contribution in [1.82, 2.24) is 0 Å². The molecule has 1 heterocycles. The van der Waals surface area contributed by atoms with Gasteiger partial charge in [0.2, 0.25) is 0 Å². The third kappa shape index (κ3) is 49.1. The van der Waals surface area contributed by atoms with Crippen molar-refractivity contribution in [2.75, 3.05) is 19.8 Å². The number of benzene rings is 8. The Bertz CT molecular complexity index is 4450. The van der Waals surface area contributed by atoms with E-state index >= 15 is 0 Å². The minimum atomic E-state index is -0.181. The Labute approximate surface area is 906 Å². The lowest BCUT2D eigenvalue weighted by Gasteiger charge is -2.59. The smallest absolute Gasteiger partial charge is 0.309 e. The van der Waals surface area contributed by atoms with Gasteiger partial charge < -0.3 is 63.1 Å². The predicted octanol–water partition coefficient (Wildman–Crippen LogP) is 37.2. The van der Waals surface area contributed by atoms with Crippen molar-refractivity contribution in [3.05, 3.63) is 245 Å². The largest absolute Gasteiger partial charge is 0.508 e. The fourth-order valence-electron chi connectivity index (χ4n) is 19.1. The zero-order valence-corrected chi connectivity index (χ0v) is 98.3. The van der Waals surface area contributed by atoms with Crippen molar-refractivity contribution in [3.8, 4) is 40.2 Å². The number of aromatic hydroxyl groups is 4. The molecule has 8 aromatic carbocycles. The van der Waals surface area contributed by atoms with E-state index in [2.05, 4.69) is 217 Å². The van der Waals surface area contributed by atoms with E-state index in [1.165, 1.54) is 128 Å². The maximum absolute atomic E-state index is 12.1. The number of carbonyl (C=O) groups is 3. The number of carbonyl (C=O) groups excluding carboxylic acids is 3. The van der Waals surface area contributed by atoms with Gasteiger partial charge in [-0.3, -0.25) is 14.4 Å². The average Bonchev–Trinajstić information content (AvgIpc) is 0.843. The Balaban J connectivity index is 0.000000343. The highest BCUT2D eigenvalue weighted by atomic mass is 16.7. The first kappa shape index (κ1) is 132. The minimum absolute atomic E-state index is 0.00347. The molecule has 1 aliphatic heterocycles. The lowest BCUT2D eigenvalue weighted by atomic mass is 9.50. The number of hydrogen-bond donors (Lipinski definition) is 4. The lowest BCUT2D eigenvalue weighted by Crippen LogP contribution is -2.58. The van der Waals surface area contributed by atoms with E-state index in [0.717, 1.165) is 138 Å². The van der Waals surface area contributed by atoms with E-state index in [9.17, 15) is 14.4 Å². The summed E-state index contributed by atoms with van der Waals surface area (Å²) in [5.41, 5.74) is 10.3. The fourth-order valence-corrected chi connectivity index (χ4v) is 19.1. The maximum Gasteiger partial charge on any atom is 0.309 e. The van der Waals surface area contributed by atoms with Gasteiger partial charge in [-0.05, 0) is 415 Å². The highest BCUT2D eigenvalue weighted by molar-refractivity contribution is 5.73. The molecular formula is C133H206O16. The molecule has 6 saturated carbocycles. The number of hydrogen-bond acceptors (Lipinski definition) is 16. The molecule has 1 saturated heterocycles. The van der Waals surface area contributed by atoms with Crippen LogP contribution in [0, 0.1) is 41.4 Å². The van der Waals surface area contributed by atoms with Gasteiger partial charge in [-0.2, -0.15) is 0 Å². The zero-order valence-electron chi connectivity index (χ0n) is 98.3. The van der Waals surface area contributed by atoms with Crippen molar-refractivity contribution in [2.24, 2.45) is 41.4 Å². The van der Waals surface area contributed by atoms with Crippen LogP contribution in [0.5, 0.6) is 40.2 Å². The molecule has 15 rings (SSSR count). The van der Waals surface area contributed by atoms with Crippen LogP contribution in [0.2, 0.25) is 0 Å². The molecule has 7 fully saturated rings. The molecule has 0 spiro atoms. The van der Waals surface area contributed by atoms with Crippen molar-refractivity contribution in [3.63, 3.8) is 0 Å². The molecular weight excluding hydrogens is 1850 g/mol. The summed E-state index contributed by atoms with van der Waals surface area (Å²) in [6.45, 7) is 63.5. The summed E-state index contributed by atoms with van der Waals surface area (Å²) in [6.07, 6.45) is 32.8. The van der Waals surface area contributed by atoms with Crippen molar-refractivity contribution >= 4 is 17.9 Å². The molecule has 14 unspecified atom stereocenters. The Hall–Kier alpha value is -9.35. The second-order valence-electron chi connectivity index (χ2n) is 43.6. The summed E-state index contributed by atoms with van der Waals surface area (Å²) in [5.74, 6) is 12.3. The van der Waals surface area contributed by atoms with Crippen molar-refractivity contribution < 1.29 is 77.4 Å². The number of phenols is 4.